The van der Waals surface area contributed by atoms with Gasteiger partial charge in [0.25, 0.3) is 5.91 Å². The van der Waals surface area contributed by atoms with Crippen LogP contribution in [0.1, 0.15) is 51.5 Å². The number of aryl methyl sites for hydroxylation is 1. The molecule has 14 heteroatoms. The molecule has 2 amide bonds. The van der Waals surface area contributed by atoms with Gasteiger partial charge in [-0.05, 0) is 51.0 Å². The molecule has 0 aliphatic heterocycles. The molecule has 1 unspecified atom stereocenters. The Kier molecular flexibility index (Phi) is 10.4. The van der Waals surface area contributed by atoms with E-state index in [4.69, 9.17) is 9.47 Å². The molecule has 1 aromatic heterocycles. The van der Waals surface area contributed by atoms with Crippen LogP contribution >= 0.6 is 0 Å². The highest BCUT2D eigenvalue weighted by Crippen LogP contribution is 2.26. The number of carbonyl (C=O) groups is 4. The van der Waals surface area contributed by atoms with E-state index in [-0.39, 0.29) is 11.8 Å². The monoisotopic (exact) mass is 625 g/mol. The molecule has 0 fully saturated rings. The minimum absolute atomic E-state index is 0.0401. The number of rotatable bonds is 11. The predicted molar refractivity (Wildman–Crippen MR) is 148 cm³/mol. The molecule has 2 aromatic carbocycles. The van der Waals surface area contributed by atoms with Crippen LogP contribution in [0.5, 0.6) is 5.75 Å². The molecule has 0 aliphatic rings. The second kappa shape index (κ2) is 13.4. The third-order valence-corrected chi connectivity index (χ3v) is 6.40. The first-order valence-electron chi connectivity index (χ1n) is 13.5. The summed E-state index contributed by atoms with van der Waals surface area (Å²) in [5.41, 5.74) is -0.326. The molecular formula is C30H32F5N3O6. The number of carbonyl (C=O) groups excluding carboxylic acids is 4. The first-order chi connectivity index (χ1) is 20.4. The molecule has 9 nitrogen and oxygen atoms in total. The predicted octanol–water partition coefficient (Wildman–Crippen LogP) is 4.49. The number of hydrogen-bond acceptors (Lipinski definition) is 6. The summed E-state index contributed by atoms with van der Waals surface area (Å²) in [5, 5.41) is 5.34. The Labute approximate surface area is 249 Å². The number of nitrogens with zero attached hydrogens (tertiary/aromatic N) is 1. The van der Waals surface area contributed by atoms with Gasteiger partial charge in [0, 0.05) is 24.0 Å². The van der Waals surface area contributed by atoms with Crippen LogP contribution in [0.3, 0.4) is 0 Å². The molecule has 0 radical (unpaired) electrons. The molecule has 1 heterocycles. The van der Waals surface area contributed by atoms with E-state index in [2.05, 4.69) is 10.6 Å². The Balaban J connectivity index is 1.83. The number of fused-ring (bicyclic) bond motifs is 1. The number of aromatic nitrogens is 1. The summed E-state index contributed by atoms with van der Waals surface area (Å²) >= 11 is 0. The van der Waals surface area contributed by atoms with Gasteiger partial charge < -0.3 is 24.7 Å². The SMILES string of the molecule is CC(C)[C@H](NC(=O)c1cc2cc(F)ccc2n1C)C(=O)NC(CC(=O)OC(C)(C)C)C(=O)COc1c(F)c(F)cc(F)c1F. The summed E-state index contributed by atoms with van der Waals surface area (Å²) in [4.78, 5) is 52.1. The third-order valence-electron chi connectivity index (χ3n) is 6.40. The molecule has 2 atom stereocenters. The number of halogens is 5. The van der Waals surface area contributed by atoms with Crippen LogP contribution in [0.25, 0.3) is 10.9 Å². The molecule has 0 spiro atoms. The van der Waals surface area contributed by atoms with E-state index < -0.39 is 95.0 Å². The molecule has 0 saturated heterocycles. The van der Waals surface area contributed by atoms with Crippen LogP contribution in [-0.4, -0.2) is 52.4 Å². The minimum Gasteiger partial charge on any atom is -0.479 e. The lowest BCUT2D eigenvalue weighted by Crippen LogP contribution is -2.55. The minimum atomic E-state index is -1.89. The fourth-order valence-electron chi connectivity index (χ4n) is 4.27. The smallest absolute Gasteiger partial charge is 0.308 e. The number of nitrogens with one attached hydrogen (secondary N) is 2. The van der Waals surface area contributed by atoms with Gasteiger partial charge in [-0.15, -0.1) is 0 Å². The van der Waals surface area contributed by atoms with Gasteiger partial charge in [-0.2, -0.15) is 8.78 Å². The van der Waals surface area contributed by atoms with Crippen molar-refractivity contribution in [2.75, 3.05) is 6.61 Å². The van der Waals surface area contributed by atoms with Crippen molar-refractivity contribution in [3.63, 3.8) is 0 Å². The second-order valence-corrected chi connectivity index (χ2v) is 11.4. The lowest BCUT2D eigenvalue weighted by molar-refractivity contribution is -0.156. The zero-order chi connectivity index (χ0) is 33.1. The highest BCUT2D eigenvalue weighted by atomic mass is 19.2. The van der Waals surface area contributed by atoms with Crippen LogP contribution in [0.2, 0.25) is 0 Å². The van der Waals surface area contributed by atoms with Crippen molar-refractivity contribution in [1.29, 1.82) is 0 Å². The molecule has 0 saturated carbocycles. The van der Waals surface area contributed by atoms with Gasteiger partial charge in [0.1, 0.15) is 35.8 Å². The zero-order valence-corrected chi connectivity index (χ0v) is 24.8. The number of benzene rings is 2. The quantitative estimate of drug-likeness (QED) is 0.184. The van der Waals surface area contributed by atoms with E-state index in [1.807, 2.05) is 0 Å². The first kappa shape index (κ1) is 34.0. The lowest BCUT2D eigenvalue weighted by Gasteiger charge is -2.26. The van der Waals surface area contributed by atoms with Gasteiger partial charge in [-0.1, -0.05) is 13.8 Å². The summed E-state index contributed by atoms with van der Waals surface area (Å²) < 4.78 is 80.4. The van der Waals surface area contributed by atoms with Crippen molar-refractivity contribution >= 4 is 34.5 Å². The van der Waals surface area contributed by atoms with Gasteiger partial charge in [0.15, 0.2) is 23.2 Å². The van der Waals surface area contributed by atoms with Crippen molar-refractivity contribution in [3.05, 3.63) is 65.1 Å². The van der Waals surface area contributed by atoms with Gasteiger partial charge in [-0.25, -0.2) is 13.2 Å². The normalized spacial score (nSPS) is 13.0. The zero-order valence-electron chi connectivity index (χ0n) is 24.8. The number of ketones is 1. The molecule has 3 aromatic rings. The van der Waals surface area contributed by atoms with Crippen molar-refractivity contribution in [1.82, 2.24) is 15.2 Å². The van der Waals surface area contributed by atoms with E-state index in [1.54, 1.807) is 41.7 Å². The number of hydrogen-bond donors (Lipinski definition) is 2. The molecule has 0 bridgehead atoms. The van der Waals surface area contributed by atoms with E-state index in [0.29, 0.717) is 10.9 Å². The first-order valence-corrected chi connectivity index (χ1v) is 13.5. The fourth-order valence-corrected chi connectivity index (χ4v) is 4.27. The topological polar surface area (TPSA) is 116 Å². The van der Waals surface area contributed by atoms with Gasteiger partial charge in [0.2, 0.25) is 17.5 Å². The summed E-state index contributed by atoms with van der Waals surface area (Å²) in [7, 11) is 1.57. The summed E-state index contributed by atoms with van der Waals surface area (Å²) in [6.07, 6.45) is -0.749. The van der Waals surface area contributed by atoms with Gasteiger partial charge in [0.05, 0.1) is 6.42 Å². The summed E-state index contributed by atoms with van der Waals surface area (Å²) in [6, 6.07) is 2.39. The Bertz CT molecular complexity index is 1570. The number of ether oxygens (including phenoxy) is 2. The Morgan fingerprint density at radius 2 is 1.52 bits per heavy atom. The third kappa shape index (κ3) is 8.11. The molecular weight excluding hydrogens is 593 g/mol. The van der Waals surface area contributed by atoms with Crippen LogP contribution in [0.4, 0.5) is 22.0 Å². The summed E-state index contributed by atoms with van der Waals surface area (Å²) in [6.45, 7) is 6.66. The molecule has 44 heavy (non-hydrogen) atoms. The van der Waals surface area contributed by atoms with Crippen molar-refractivity contribution in [3.8, 4) is 5.75 Å². The van der Waals surface area contributed by atoms with E-state index in [1.165, 1.54) is 28.8 Å². The van der Waals surface area contributed by atoms with E-state index in [0.717, 1.165) is 0 Å². The van der Waals surface area contributed by atoms with Crippen molar-refractivity contribution < 1.29 is 50.6 Å². The van der Waals surface area contributed by atoms with Gasteiger partial charge in [-0.3, -0.25) is 19.2 Å². The Morgan fingerprint density at radius 1 is 0.909 bits per heavy atom. The van der Waals surface area contributed by atoms with Crippen molar-refractivity contribution in [2.24, 2.45) is 13.0 Å². The van der Waals surface area contributed by atoms with Crippen LogP contribution in [0, 0.1) is 35.0 Å². The molecule has 2 N–H and O–H groups in total. The van der Waals surface area contributed by atoms with Gasteiger partial charge >= 0.3 is 5.97 Å². The van der Waals surface area contributed by atoms with Crippen LogP contribution in [0.15, 0.2) is 30.3 Å². The second-order valence-electron chi connectivity index (χ2n) is 11.4. The Hall–Kier alpha value is -4.49. The standard InChI is InChI=1S/C30H32F5N3O6/c1-14(2)26(37-28(41)21-10-15-9-16(31)7-8-20(15)38(21)6)29(42)36-19(12-23(40)44-30(3,4)5)22(39)13-43-27-24(34)17(32)11-18(33)25(27)35/h7-11,14,19,26H,12-13H2,1-6H3,(H,36,42)(H,37,41)/t19?,26-/m0/s1. The van der Waals surface area contributed by atoms with Crippen LogP contribution in [-0.2, 0) is 26.2 Å². The fraction of sp³-hybridized carbons (Fsp3) is 0.400. The summed E-state index contributed by atoms with van der Waals surface area (Å²) in [5.74, 6) is -13.5. The number of Topliss-reactive ketones (excluding diaryl/α,β-unsaturated/α-hetero) is 1. The van der Waals surface area contributed by atoms with E-state index >= 15 is 0 Å². The molecule has 0 aliphatic carbocycles. The maximum absolute atomic E-state index is 14.0. The highest BCUT2D eigenvalue weighted by molar-refractivity contribution is 6.01. The molecule has 238 valence electrons. The maximum atomic E-state index is 14.0. The number of amides is 2. The van der Waals surface area contributed by atoms with Crippen LogP contribution < -0.4 is 15.4 Å². The van der Waals surface area contributed by atoms with E-state index in [9.17, 15) is 41.1 Å². The number of esters is 1. The maximum Gasteiger partial charge on any atom is 0.308 e. The molecule has 3 rings (SSSR count). The Morgan fingerprint density at radius 3 is 2.09 bits per heavy atom. The lowest BCUT2D eigenvalue weighted by atomic mass is 10.0. The van der Waals surface area contributed by atoms with Crippen molar-refractivity contribution in [2.45, 2.75) is 58.7 Å². The highest BCUT2D eigenvalue weighted by Gasteiger charge is 2.33. The average Bonchev–Trinajstić information content (AvgIpc) is 3.23. The largest absolute Gasteiger partial charge is 0.479 e. The average molecular weight is 626 g/mol.